The molecule has 0 radical (unpaired) electrons. The lowest BCUT2D eigenvalue weighted by molar-refractivity contribution is 0.281. The summed E-state index contributed by atoms with van der Waals surface area (Å²) in [6.45, 7) is 0.554. The molecule has 1 N–H and O–H groups in total. The topological polar surface area (TPSA) is 53.2 Å². The number of nitriles is 1. The van der Waals surface area contributed by atoms with Gasteiger partial charge in [0.2, 0.25) is 0 Å². The standard InChI is InChI=1S/C11H12BrNO2/c12-10-7-9(8-14)3-4-11(10)15-6-2-1-5-13/h3-4,7,14H,1-2,6,8H2. The lowest BCUT2D eigenvalue weighted by Gasteiger charge is -2.07. The summed E-state index contributed by atoms with van der Waals surface area (Å²) in [4.78, 5) is 0. The molecular weight excluding hydrogens is 258 g/mol. The average Bonchev–Trinajstić information content (AvgIpc) is 2.26. The summed E-state index contributed by atoms with van der Waals surface area (Å²) >= 11 is 3.36. The maximum absolute atomic E-state index is 8.90. The molecule has 80 valence electrons. The smallest absolute Gasteiger partial charge is 0.133 e. The Kier molecular flexibility index (Phi) is 5.16. The van der Waals surface area contributed by atoms with Crippen LogP contribution in [0.4, 0.5) is 0 Å². The number of unbranched alkanes of at least 4 members (excludes halogenated alkanes) is 1. The summed E-state index contributed by atoms with van der Waals surface area (Å²) in [6, 6.07) is 7.50. The molecule has 3 nitrogen and oxygen atoms in total. The maximum atomic E-state index is 8.90. The van der Waals surface area contributed by atoms with Crippen LogP contribution in [0, 0.1) is 11.3 Å². The second-order valence-corrected chi connectivity index (χ2v) is 3.89. The van der Waals surface area contributed by atoms with E-state index in [1.54, 1.807) is 0 Å². The van der Waals surface area contributed by atoms with Gasteiger partial charge in [-0.1, -0.05) is 6.07 Å². The van der Waals surface area contributed by atoms with E-state index >= 15 is 0 Å². The van der Waals surface area contributed by atoms with Crippen LogP contribution in [0.25, 0.3) is 0 Å². The van der Waals surface area contributed by atoms with Gasteiger partial charge in [-0.05, 0) is 40.0 Å². The number of aliphatic hydroxyl groups excluding tert-OH is 1. The van der Waals surface area contributed by atoms with E-state index in [9.17, 15) is 0 Å². The van der Waals surface area contributed by atoms with Crippen LogP contribution in [0.3, 0.4) is 0 Å². The highest BCUT2D eigenvalue weighted by Gasteiger charge is 2.01. The van der Waals surface area contributed by atoms with Gasteiger partial charge in [0, 0.05) is 6.42 Å². The van der Waals surface area contributed by atoms with E-state index in [2.05, 4.69) is 22.0 Å². The lowest BCUT2D eigenvalue weighted by atomic mass is 10.2. The Labute approximate surface area is 97.4 Å². The molecule has 0 aromatic heterocycles. The first-order valence-electron chi connectivity index (χ1n) is 4.67. The van der Waals surface area contributed by atoms with Crippen molar-refractivity contribution in [3.63, 3.8) is 0 Å². The van der Waals surface area contributed by atoms with Crippen LogP contribution in [0.15, 0.2) is 22.7 Å². The minimum atomic E-state index is 0.0211. The normalized spacial score (nSPS) is 9.67. The SMILES string of the molecule is N#CCCCOc1ccc(CO)cc1Br. The van der Waals surface area contributed by atoms with Crippen LogP contribution in [-0.4, -0.2) is 11.7 Å². The molecule has 15 heavy (non-hydrogen) atoms. The molecule has 0 aliphatic heterocycles. The van der Waals surface area contributed by atoms with Crippen LogP contribution < -0.4 is 4.74 Å². The van der Waals surface area contributed by atoms with Crippen LogP contribution in [0.1, 0.15) is 18.4 Å². The van der Waals surface area contributed by atoms with Gasteiger partial charge in [0.1, 0.15) is 5.75 Å². The third-order valence-electron chi connectivity index (χ3n) is 1.87. The van der Waals surface area contributed by atoms with Crippen molar-refractivity contribution < 1.29 is 9.84 Å². The Morgan fingerprint density at radius 2 is 2.27 bits per heavy atom. The molecule has 0 fully saturated rings. The minimum Gasteiger partial charge on any atom is -0.492 e. The fraction of sp³-hybridized carbons (Fsp3) is 0.364. The quantitative estimate of drug-likeness (QED) is 0.837. The van der Waals surface area contributed by atoms with Gasteiger partial charge in [-0.3, -0.25) is 0 Å². The first kappa shape index (κ1) is 12.0. The van der Waals surface area contributed by atoms with Crippen LogP contribution >= 0.6 is 15.9 Å². The number of nitrogens with zero attached hydrogens (tertiary/aromatic N) is 1. The summed E-state index contributed by atoms with van der Waals surface area (Å²) in [6.07, 6.45) is 1.23. The van der Waals surface area contributed by atoms with Gasteiger partial charge >= 0.3 is 0 Å². The molecule has 1 rings (SSSR count). The summed E-state index contributed by atoms with van der Waals surface area (Å²) in [5.74, 6) is 0.741. The zero-order valence-corrected chi connectivity index (χ0v) is 9.83. The van der Waals surface area contributed by atoms with Crippen LogP contribution in [-0.2, 0) is 6.61 Å². The van der Waals surface area contributed by atoms with Crippen molar-refractivity contribution in [1.82, 2.24) is 0 Å². The molecule has 0 aliphatic rings. The zero-order chi connectivity index (χ0) is 11.1. The molecule has 0 saturated carbocycles. The van der Waals surface area contributed by atoms with Crippen molar-refractivity contribution in [3.8, 4) is 11.8 Å². The Hall–Kier alpha value is -1.05. The van der Waals surface area contributed by atoms with E-state index < -0.39 is 0 Å². The highest BCUT2D eigenvalue weighted by Crippen LogP contribution is 2.26. The van der Waals surface area contributed by atoms with Crippen molar-refractivity contribution >= 4 is 15.9 Å². The van der Waals surface area contributed by atoms with Gasteiger partial charge in [-0.15, -0.1) is 0 Å². The minimum absolute atomic E-state index is 0.0211. The second-order valence-electron chi connectivity index (χ2n) is 3.03. The predicted octanol–water partition coefficient (Wildman–Crippen LogP) is 2.62. The van der Waals surface area contributed by atoms with Gasteiger partial charge in [0.15, 0.2) is 0 Å². The van der Waals surface area contributed by atoms with Crippen molar-refractivity contribution in [1.29, 1.82) is 5.26 Å². The molecule has 0 amide bonds. The Balaban J connectivity index is 2.51. The molecular formula is C11H12BrNO2. The van der Waals surface area contributed by atoms with E-state index in [4.69, 9.17) is 15.1 Å². The average molecular weight is 270 g/mol. The number of benzene rings is 1. The molecule has 1 aromatic rings. The molecule has 0 heterocycles. The lowest BCUT2D eigenvalue weighted by Crippen LogP contribution is -1.97. The number of rotatable bonds is 5. The van der Waals surface area contributed by atoms with E-state index in [0.717, 1.165) is 22.2 Å². The van der Waals surface area contributed by atoms with E-state index in [1.807, 2.05) is 18.2 Å². The van der Waals surface area contributed by atoms with E-state index in [1.165, 1.54) is 0 Å². The molecule has 1 aromatic carbocycles. The largest absolute Gasteiger partial charge is 0.492 e. The number of hydrogen-bond donors (Lipinski definition) is 1. The first-order valence-corrected chi connectivity index (χ1v) is 5.46. The molecule has 0 saturated heterocycles. The third-order valence-corrected chi connectivity index (χ3v) is 2.49. The second kappa shape index (κ2) is 6.44. The molecule has 0 atom stereocenters. The van der Waals surface area contributed by atoms with Gasteiger partial charge in [0.25, 0.3) is 0 Å². The Morgan fingerprint density at radius 3 is 2.87 bits per heavy atom. The fourth-order valence-electron chi connectivity index (χ4n) is 1.09. The summed E-state index contributed by atoms with van der Waals surface area (Å²) in [5.41, 5.74) is 0.839. The fourth-order valence-corrected chi connectivity index (χ4v) is 1.63. The summed E-state index contributed by atoms with van der Waals surface area (Å²) < 4.78 is 6.28. The number of aliphatic hydroxyl groups is 1. The summed E-state index contributed by atoms with van der Waals surface area (Å²) in [5, 5.41) is 17.2. The van der Waals surface area contributed by atoms with Crippen molar-refractivity contribution in [2.75, 3.05) is 6.61 Å². The molecule has 0 spiro atoms. The number of ether oxygens (including phenoxy) is 1. The van der Waals surface area contributed by atoms with Crippen molar-refractivity contribution in [2.24, 2.45) is 0 Å². The summed E-state index contributed by atoms with van der Waals surface area (Å²) in [7, 11) is 0. The van der Waals surface area contributed by atoms with Crippen molar-refractivity contribution in [2.45, 2.75) is 19.4 Å². The zero-order valence-electron chi connectivity index (χ0n) is 8.24. The molecule has 0 bridgehead atoms. The van der Waals surface area contributed by atoms with Crippen molar-refractivity contribution in [3.05, 3.63) is 28.2 Å². The van der Waals surface area contributed by atoms with E-state index in [-0.39, 0.29) is 6.61 Å². The van der Waals surface area contributed by atoms with Gasteiger partial charge in [-0.25, -0.2) is 0 Å². The molecule has 0 unspecified atom stereocenters. The van der Waals surface area contributed by atoms with E-state index in [0.29, 0.717) is 13.0 Å². The van der Waals surface area contributed by atoms with Gasteiger partial charge in [0.05, 0.1) is 23.8 Å². The van der Waals surface area contributed by atoms with Crippen LogP contribution in [0.5, 0.6) is 5.75 Å². The number of halogens is 1. The predicted molar refractivity (Wildman–Crippen MR) is 60.4 cm³/mol. The van der Waals surface area contributed by atoms with Crippen LogP contribution in [0.2, 0.25) is 0 Å². The molecule has 4 heteroatoms. The monoisotopic (exact) mass is 269 g/mol. The van der Waals surface area contributed by atoms with Gasteiger partial charge in [-0.2, -0.15) is 5.26 Å². The highest BCUT2D eigenvalue weighted by atomic mass is 79.9. The van der Waals surface area contributed by atoms with Gasteiger partial charge < -0.3 is 9.84 Å². The molecule has 0 aliphatic carbocycles. The maximum Gasteiger partial charge on any atom is 0.133 e. The third kappa shape index (κ3) is 3.90. The Bertz CT molecular complexity index is 360. The Morgan fingerprint density at radius 1 is 1.47 bits per heavy atom. The highest BCUT2D eigenvalue weighted by molar-refractivity contribution is 9.10. The number of hydrogen-bond acceptors (Lipinski definition) is 3. The first-order chi connectivity index (χ1) is 7.27.